The van der Waals surface area contributed by atoms with E-state index in [1.807, 2.05) is 24.3 Å². The lowest BCUT2D eigenvalue weighted by molar-refractivity contribution is 0.101. The fourth-order valence-electron chi connectivity index (χ4n) is 2.80. The maximum atomic E-state index is 14.1. The number of carbonyl (C=O) groups is 2. The van der Waals surface area contributed by atoms with Crippen molar-refractivity contribution in [3.63, 3.8) is 0 Å². The van der Waals surface area contributed by atoms with Crippen LogP contribution >= 0.6 is 0 Å². The summed E-state index contributed by atoms with van der Waals surface area (Å²) in [7, 11) is 1.45. The first kappa shape index (κ1) is 17.5. The topological polar surface area (TPSA) is 64.0 Å². The molecule has 132 valence electrons. The molecule has 5 nitrogen and oxygen atoms in total. The highest BCUT2D eigenvalue weighted by atomic mass is 19.1. The fourth-order valence-corrected chi connectivity index (χ4v) is 2.80. The van der Waals surface area contributed by atoms with E-state index in [1.165, 1.54) is 14.0 Å². The van der Waals surface area contributed by atoms with Crippen LogP contribution in [0.5, 0.6) is 0 Å². The fraction of sp³-hybridized carbons (Fsp3) is 0.150. The number of Topliss-reactive ketones (excluding diaryl/α,β-unsaturated/α-hetero) is 1. The van der Waals surface area contributed by atoms with Gasteiger partial charge < -0.3 is 5.32 Å². The van der Waals surface area contributed by atoms with Crippen molar-refractivity contribution >= 4 is 17.4 Å². The zero-order valence-electron chi connectivity index (χ0n) is 14.7. The number of aryl methyl sites for hydroxylation is 2. The lowest BCUT2D eigenvalue weighted by Crippen LogP contribution is -2.15. The van der Waals surface area contributed by atoms with Crippen LogP contribution in [0.1, 0.15) is 33.3 Å². The summed E-state index contributed by atoms with van der Waals surface area (Å²) < 4.78 is 15.2. The second-order valence-electron chi connectivity index (χ2n) is 6.01. The van der Waals surface area contributed by atoms with E-state index in [0.717, 1.165) is 15.8 Å². The van der Waals surface area contributed by atoms with E-state index in [0.29, 0.717) is 16.9 Å². The van der Waals surface area contributed by atoms with Crippen molar-refractivity contribution in [1.82, 2.24) is 9.78 Å². The molecule has 2 aromatic carbocycles. The summed E-state index contributed by atoms with van der Waals surface area (Å²) in [4.78, 5) is 24.0. The molecule has 0 atom stereocenters. The Balaban J connectivity index is 1.95. The summed E-state index contributed by atoms with van der Waals surface area (Å²) in [6.07, 6.45) is 0. The largest absolute Gasteiger partial charge is 0.321 e. The molecule has 26 heavy (non-hydrogen) atoms. The van der Waals surface area contributed by atoms with Crippen LogP contribution in [0.25, 0.3) is 11.1 Å². The predicted octanol–water partition coefficient (Wildman–Crippen LogP) is 3.99. The Hall–Kier alpha value is -3.28. The Kier molecular flexibility index (Phi) is 4.67. The van der Waals surface area contributed by atoms with Crippen LogP contribution in [0.4, 0.5) is 10.1 Å². The van der Waals surface area contributed by atoms with Crippen LogP contribution in [-0.4, -0.2) is 21.5 Å². The zero-order valence-corrected chi connectivity index (χ0v) is 14.7. The van der Waals surface area contributed by atoms with Gasteiger partial charge in [-0.2, -0.15) is 9.49 Å². The number of aromatic nitrogens is 2. The second kappa shape index (κ2) is 6.92. The average molecular weight is 351 g/mol. The number of ketones is 1. The molecule has 0 spiro atoms. The molecule has 0 saturated carbocycles. The average Bonchev–Trinajstić information content (AvgIpc) is 2.87. The zero-order chi connectivity index (χ0) is 18.8. The van der Waals surface area contributed by atoms with Gasteiger partial charge in [0.05, 0.1) is 5.69 Å². The summed E-state index contributed by atoms with van der Waals surface area (Å²) in [6, 6.07) is 14.3. The number of nitrogens with zero attached hydrogens (tertiary/aromatic N) is 2. The minimum Gasteiger partial charge on any atom is -0.321 e. The number of anilines is 1. The van der Waals surface area contributed by atoms with Gasteiger partial charge in [0.15, 0.2) is 5.78 Å². The van der Waals surface area contributed by atoms with Crippen LogP contribution < -0.4 is 5.32 Å². The molecule has 0 saturated heterocycles. The smallest absolute Gasteiger partial charge is 0.262 e. The molecule has 1 aromatic heterocycles. The molecule has 3 rings (SSSR count). The molecular weight excluding hydrogens is 333 g/mol. The van der Waals surface area contributed by atoms with E-state index in [4.69, 9.17) is 0 Å². The minimum atomic E-state index is -0.678. The molecular formula is C20H18FN3O2. The van der Waals surface area contributed by atoms with Gasteiger partial charge in [0.25, 0.3) is 5.91 Å². The molecule has 1 heterocycles. The molecule has 0 radical (unpaired) electrons. The third-order valence-corrected chi connectivity index (χ3v) is 4.16. The third-order valence-electron chi connectivity index (χ3n) is 4.16. The van der Waals surface area contributed by atoms with Crippen molar-refractivity contribution in [1.29, 1.82) is 0 Å². The van der Waals surface area contributed by atoms with E-state index in [9.17, 15) is 14.0 Å². The van der Waals surface area contributed by atoms with Gasteiger partial charge in [0.2, 0.25) is 5.95 Å². The van der Waals surface area contributed by atoms with Gasteiger partial charge in [-0.15, -0.1) is 0 Å². The van der Waals surface area contributed by atoms with E-state index >= 15 is 0 Å². The normalized spacial score (nSPS) is 10.6. The molecule has 1 N–H and O–H groups in total. The maximum absolute atomic E-state index is 14.1. The summed E-state index contributed by atoms with van der Waals surface area (Å²) in [6.45, 7) is 3.10. The maximum Gasteiger partial charge on any atom is 0.262 e. The minimum absolute atomic E-state index is 0.0133. The summed E-state index contributed by atoms with van der Waals surface area (Å²) in [5.74, 6) is -1.25. The van der Waals surface area contributed by atoms with Crippen molar-refractivity contribution < 1.29 is 14.0 Å². The highest BCUT2D eigenvalue weighted by Gasteiger charge is 2.21. The van der Waals surface area contributed by atoms with E-state index in [-0.39, 0.29) is 11.3 Å². The highest BCUT2D eigenvalue weighted by molar-refractivity contribution is 6.07. The first-order valence-electron chi connectivity index (χ1n) is 8.09. The molecule has 0 aliphatic heterocycles. The van der Waals surface area contributed by atoms with Crippen molar-refractivity contribution in [3.05, 3.63) is 71.3 Å². The van der Waals surface area contributed by atoms with Gasteiger partial charge in [-0.05, 0) is 25.5 Å². The molecule has 0 aliphatic rings. The Morgan fingerprint density at radius 1 is 1.08 bits per heavy atom. The van der Waals surface area contributed by atoms with E-state index in [2.05, 4.69) is 10.4 Å². The van der Waals surface area contributed by atoms with Crippen LogP contribution in [0.15, 0.2) is 48.5 Å². The number of benzene rings is 2. The van der Waals surface area contributed by atoms with Gasteiger partial charge in [0, 0.05) is 23.9 Å². The molecule has 0 bridgehead atoms. The van der Waals surface area contributed by atoms with Gasteiger partial charge in [0.1, 0.15) is 5.56 Å². The molecule has 0 fully saturated rings. The first-order valence-corrected chi connectivity index (χ1v) is 8.09. The number of hydrogen-bond donors (Lipinski definition) is 1. The Labute approximate surface area is 150 Å². The van der Waals surface area contributed by atoms with Gasteiger partial charge in [-0.3, -0.25) is 9.59 Å². The number of amides is 1. The predicted molar refractivity (Wildman–Crippen MR) is 97.7 cm³/mol. The van der Waals surface area contributed by atoms with Crippen molar-refractivity contribution in [2.24, 2.45) is 7.05 Å². The van der Waals surface area contributed by atoms with Crippen LogP contribution in [0.3, 0.4) is 0 Å². The Bertz CT molecular complexity index is 991. The highest BCUT2D eigenvalue weighted by Crippen LogP contribution is 2.29. The number of rotatable bonds is 4. The van der Waals surface area contributed by atoms with Gasteiger partial charge in [-0.1, -0.05) is 42.5 Å². The molecule has 0 aliphatic carbocycles. The number of halogens is 1. The number of hydrogen-bond acceptors (Lipinski definition) is 3. The van der Waals surface area contributed by atoms with Gasteiger partial charge in [-0.25, -0.2) is 4.68 Å². The second-order valence-corrected chi connectivity index (χ2v) is 6.01. The van der Waals surface area contributed by atoms with E-state index < -0.39 is 11.9 Å². The van der Waals surface area contributed by atoms with Crippen molar-refractivity contribution in [2.45, 2.75) is 13.8 Å². The molecule has 6 heteroatoms. The molecule has 1 amide bonds. The summed E-state index contributed by atoms with van der Waals surface area (Å²) >= 11 is 0. The number of para-hydroxylation sites is 1. The van der Waals surface area contributed by atoms with Crippen molar-refractivity contribution in [2.75, 3.05) is 5.32 Å². The Morgan fingerprint density at radius 2 is 1.73 bits per heavy atom. The SMILES string of the molecule is CC(=O)c1ccc(-c2ccccc2NC(=O)c2c(C)nn(C)c2F)cc1. The van der Waals surface area contributed by atoms with Crippen LogP contribution in [0.2, 0.25) is 0 Å². The van der Waals surface area contributed by atoms with Crippen molar-refractivity contribution in [3.8, 4) is 11.1 Å². The summed E-state index contributed by atoms with van der Waals surface area (Å²) in [5, 5.41) is 6.69. The molecule has 3 aromatic rings. The summed E-state index contributed by atoms with van der Waals surface area (Å²) in [5.41, 5.74) is 3.03. The van der Waals surface area contributed by atoms with Crippen LogP contribution in [0, 0.1) is 12.9 Å². The first-order chi connectivity index (χ1) is 12.4. The van der Waals surface area contributed by atoms with Crippen LogP contribution in [-0.2, 0) is 7.05 Å². The monoisotopic (exact) mass is 351 g/mol. The lowest BCUT2D eigenvalue weighted by atomic mass is 10.0. The van der Waals surface area contributed by atoms with Gasteiger partial charge >= 0.3 is 0 Å². The third kappa shape index (κ3) is 3.26. The molecule has 0 unspecified atom stereocenters. The Morgan fingerprint density at radius 3 is 2.31 bits per heavy atom. The lowest BCUT2D eigenvalue weighted by Gasteiger charge is -2.11. The van der Waals surface area contributed by atoms with E-state index in [1.54, 1.807) is 31.2 Å². The number of carbonyl (C=O) groups excluding carboxylic acids is 2. The number of nitrogens with one attached hydrogen (secondary N) is 1. The standard InChI is InChI=1S/C20H18FN3O2/c1-12-18(19(21)24(3)23-12)20(26)22-17-7-5-4-6-16(17)15-10-8-14(9-11-15)13(2)25/h4-11H,1-3H3,(H,22,26). The quantitative estimate of drug-likeness (QED) is 0.723.